The number of piperidine rings is 1. The molecular weight excluding hydrogens is 330 g/mol. The number of nitrogens with one attached hydrogen (secondary N) is 1. The summed E-state index contributed by atoms with van der Waals surface area (Å²) in [6.45, 7) is 3.85. The SMILES string of the molecule is COc1cc(C(=O)NCC(C)(C)N2CCCCC2)ccc1OC(F)F. The molecule has 5 nitrogen and oxygen atoms in total. The van der Waals surface area contributed by atoms with E-state index < -0.39 is 6.61 Å². The van der Waals surface area contributed by atoms with Gasteiger partial charge in [-0.2, -0.15) is 8.78 Å². The van der Waals surface area contributed by atoms with Crippen LogP contribution < -0.4 is 14.8 Å². The number of nitrogens with zero attached hydrogens (tertiary/aromatic N) is 1. The van der Waals surface area contributed by atoms with Crippen LogP contribution in [0.5, 0.6) is 11.5 Å². The molecule has 0 atom stereocenters. The molecule has 1 aliphatic heterocycles. The fourth-order valence-electron chi connectivity index (χ4n) is 3.01. The molecule has 0 saturated carbocycles. The van der Waals surface area contributed by atoms with E-state index in [1.165, 1.54) is 44.6 Å². The van der Waals surface area contributed by atoms with Crippen LogP contribution in [-0.2, 0) is 0 Å². The van der Waals surface area contributed by atoms with Crippen molar-refractivity contribution in [1.82, 2.24) is 10.2 Å². The number of carbonyl (C=O) groups is 1. The smallest absolute Gasteiger partial charge is 0.387 e. The summed E-state index contributed by atoms with van der Waals surface area (Å²) in [6.07, 6.45) is 3.62. The lowest BCUT2D eigenvalue weighted by Gasteiger charge is -2.41. The lowest BCUT2D eigenvalue weighted by atomic mass is 9.98. The Morgan fingerprint density at radius 2 is 1.92 bits per heavy atom. The van der Waals surface area contributed by atoms with Gasteiger partial charge >= 0.3 is 6.61 Å². The minimum absolute atomic E-state index is 0.0947. The van der Waals surface area contributed by atoms with Crippen LogP contribution in [0.1, 0.15) is 43.5 Å². The van der Waals surface area contributed by atoms with Crippen molar-refractivity contribution < 1.29 is 23.0 Å². The first-order valence-corrected chi connectivity index (χ1v) is 8.49. The summed E-state index contributed by atoms with van der Waals surface area (Å²) in [6, 6.07) is 4.17. The van der Waals surface area contributed by atoms with E-state index >= 15 is 0 Å². The van der Waals surface area contributed by atoms with Gasteiger partial charge in [0.2, 0.25) is 0 Å². The predicted molar refractivity (Wildman–Crippen MR) is 91.5 cm³/mol. The van der Waals surface area contributed by atoms with Gasteiger partial charge in [-0.15, -0.1) is 0 Å². The van der Waals surface area contributed by atoms with Gasteiger partial charge in [-0.1, -0.05) is 6.42 Å². The van der Waals surface area contributed by atoms with Gasteiger partial charge in [0.1, 0.15) is 0 Å². The second kappa shape index (κ2) is 8.47. The molecule has 0 aromatic heterocycles. The van der Waals surface area contributed by atoms with Crippen molar-refractivity contribution in [2.75, 3.05) is 26.7 Å². The molecule has 1 saturated heterocycles. The molecule has 1 aromatic rings. The van der Waals surface area contributed by atoms with Crippen LogP contribution in [0.2, 0.25) is 0 Å². The quantitative estimate of drug-likeness (QED) is 0.815. The second-order valence-electron chi connectivity index (χ2n) is 6.79. The third-order valence-electron chi connectivity index (χ3n) is 4.54. The van der Waals surface area contributed by atoms with Crippen molar-refractivity contribution in [1.29, 1.82) is 0 Å². The van der Waals surface area contributed by atoms with Crippen molar-refractivity contribution in [3.05, 3.63) is 23.8 Å². The molecule has 0 bridgehead atoms. The first kappa shape index (κ1) is 19.4. The molecule has 1 fully saturated rings. The number of hydrogen-bond acceptors (Lipinski definition) is 4. The second-order valence-corrected chi connectivity index (χ2v) is 6.79. The molecular formula is C18H26F2N2O3. The molecule has 0 spiro atoms. The van der Waals surface area contributed by atoms with Crippen LogP contribution in [-0.4, -0.2) is 49.7 Å². The summed E-state index contributed by atoms with van der Waals surface area (Å²) in [5, 5.41) is 2.92. The van der Waals surface area contributed by atoms with Gasteiger partial charge in [-0.25, -0.2) is 0 Å². The number of hydrogen-bond donors (Lipinski definition) is 1. The van der Waals surface area contributed by atoms with E-state index in [1.807, 2.05) is 0 Å². The topological polar surface area (TPSA) is 50.8 Å². The van der Waals surface area contributed by atoms with Crippen molar-refractivity contribution in [2.45, 2.75) is 45.3 Å². The Kier molecular flexibility index (Phi) is 6.58. The van der Waals surface area contributed by atoms with Gasteiger partial charge in [-0.3, -0.25) is 9.69 Å². The lowest BCUT2D eigenvalue weighted by Crippen LogP contribution is -2.53. The number of rotatable bonds is 7. The Hall–Kier alpha value is -1.89. The highest BCUT2D eigenvalue weighted by Gasteiger charge is 2.28. The van der Waals surface area contributed by atoms with E-state index in [9.17, 15) is 13.6 Å². The standard InChI is InChI=1S/C18H26F2N2O3/c1-18(2,22-9-5-4-6-10-22)12-21-16(23)13-7-8-14(25-17(19)20)15(11-13)24-3/h7-8,11,17H,4-6,9-10,12H2,1-3H3,(H,21,23). The first-order chi connectivity index (χ1) is 11.8. The van der Waals surface area contributed by atoms with Gasteiger partial charge in [0, 0.05) is 17.6 Å². The Morgan fingerprint density at radius 1 is 1.24 bits per heavy atom. The van der Waals surface area contributed by atoms with Crippen molar-refractivity contribution in [3.63, 3.8) is 0 Å². The normalized spacial score (nSPS) is 15.9. The largest absolute Gasteiger partial charge is 0.493 e. The molecule has 1 heterocycles. The van der Waals surface area contributed by atoms with Crippen LogP contribution in [0.25, 0.3) is 0 Å². The lowest BCUT2D eigenvalue weighted by molar-refractivity contribution is -0.0512. The molecule has 1 aromatic carbocycles. The summed E-state index contributed by atoms with van der Waals surface area (Å²) in [7, 11) is 1.34. The minimum Gasteiger partial charge on any atom is -0.493 e. The van der Waals surface area contributed by atoms with Gasteiger partial charge in [0.15, 0.2) is 11.5 Å². The summed E-state index contributed by atoms with van der Waals surface area (Å²) in [5.74, 6) is -0.266. The molecule has 25 heavy (non-hydrogen) atoms. The van der Waals surface area contributed by atoms with Gasteiger partial charge in [0.05, 0.1) is 7.11 Å². The molecule has 7 heteroatoms. The molecule has 1 amide bonds. The molecule has 140 valence electrons. The summed E-state index contributed by atoms with van der Waals surface area (Å²) < 4.78 is 34.1. The number of halogens is 2. The first-order valence-electron chi connectivity index (χ1n) is 8.49. The molecule has 1 aliphatic rings. The fraction of sp³-hybridized carbons (Fsp3) is 0.611. The van der Waals surface area contributed by atoms with E-state index in [2.05, 4.69) is 28.8 Å². The van der Waals surface area contributed by atoms with Crippen LogP contribution >= 0.6 is 0 Å². The van der Waals surface area contributed by atoms with Crippen molar-refractivity contribution in [2.24, 2.45) is 0 Å². The average Bonchev–Trinajstić information content (AvgIpc) is 2.60. The van der Waals surface area contributed by atoms with E-state index in [0.29, 0.717) is 12.1 Å². The monoisotopic (exact) mass is 356 g/mol. The van der Waals surface area contributed by atoms with Crippen molar-refractivity contribution >= 4 is 5.91 Å². The molecule has 2 rings (SSSR count). The van der Waals surface area contributed by atoms with Crippen LogP contribution in [0, 0.1) is 0 Å². The van der Waals surface area contributed by atoms with E-state index in [4.69, 9.17) is 4.74 Å². The number of benzene rings is 1. The van der Waals surface area contributed by atoms with Crippen LogP contribution in [0.3, 0.4) is 0 Å². The zero-order valence-corrected chi connectivity index (χ0v) is 15.0. The molecule has 0 radical (unpaired) electrons. The Bertz CT molecular complexity index is 588. The predicted octanol–water partition coefficient (Wildman–Crippen LogP) is 3.29. The Balaban J connectivity index is 2.00. The highest BCUT2D eigenvalue weighted by Crippen LogP contribution is 2.29. The van der Waals surface area contributed by atoms with Crippen LogP contribution in [0.15, 0.2) is 18.2 Å². The maximum atomic E-state index is 12.4. The number of carbonyl (C=O) groups excluding carboxylic acids is 1. The van der Waals surface area contributed by atoms with E-state index in [-0.39, 0.29) is 22.9 Å². The number of amides is 1. The zero-order valence-electron chi connectivity index (χ0n) is 15.0. The number of likely N-dealkylation sites (tertiary alicyclic amines) is 1. The van der Waals surface area contributed by atoms with E-state index in [0.717, 1.165) is 13.1 Å². The third-order valence-corrected chi connectivity index (χ3v) is 4.54. The number of methoxy groups -OCH3 is 1. The van der Waals surface area contributed by atoms with Gasteiger partial charge in [-0.05, 0) is 58.0 Å². The number of alkyl halides is 2. The summed E-state index contributed by atoms with van der Waals surface area (Å²) >= 11 is 0. The van der Waals surface area contributed by atoms with E-state index in [1.54, 1.807) is 0 Å². The molecule has 0 aliphatic carbocycles. The van der Waals surface area contributed by atoms with Crippen molar-refractivity contribution in [3.8, 4) is 11.5 Å². The average molecular weight is 356 g/mol. The van der Waals surface area contributed by atoms with Gasteiger partial charge < -0.3 is 14.8 Å². The minimum atomic E-state index is -2.95. The summed E-state index contributed by atoms with van der Waals surface area (Å²) in [5.41, 5.74) is 0.201. The maximum Gasteiger partial charge on any atom is 0.387 e. The maximum absolute atomic E-state index is 12.4. The molecule has 1 N–H and O–H groups in total. The third kappa shape index (κ3) is 5.29. The highest BCUT2D eigenvalue weighted by molar-refractivity contribution is 5.94. The Labute approximate surface area is 147 Å². The number of ether oxygens (including phenoxy) is 2. The molecule has 0 unspecified atom stereocenters. The summed E-state index contributed by atoms with van der Waals surface area (Å²) in [4.78, 5) is 14.8. The fourth-order valence-corrected chi connectivity index (χ4v) is 3.01. The van der Waals surface area contributed by atoms with Gasteiger partial charge in [0.25, 0.3) is 5.91 Å². The van der Waals surface area contributed by atoms with Crippen LogP contribution in [0.4, 0.5) is 8.78 Å². The zero-order chi connectivity index (χ0) is 18.4. The Morgan fingerprint density at radius 3 is 2.52 bits per heavy atom. The highest BCUT2D eigenvalue weighted by atomic mass is 19.3.